The molecular weight excluding hydrogens is 376 g/mol. The lowest BCUT2D eigenvalue weighted by molar-refractivity contribution is 0.235. The van der Waals surface area contributed by atoms with Gasteiger partial charge in [0.05, 0.1) is 5.52 Å². The molecule has 1 aliphatic rings. The van der Waals surface area contributed by atoms with Gasteiger partial charge >= 0.3 is 6.03 Å². The molecule has 1 fully saturated rings. The number of piperidine rings is 1. The van der Waals surface area contributed by atoms with E-state index in [0.717, 1.165) is 54.2 Å². The monoisotopic (exact) mass is 404 g/mol. The molecule has 30 heavy (non-hydrogen) atoms. The number of carbonyl (C=O) groups excluding carboxylic acids is 1. The van der Waals surface area contributed by atoms with Crippen molar-refractivity contribution in [2.24, 2.45) is 0 Å². The Morgan fingerprint density at radius 1 is 1.00 bits per heavy atom. The maximum atomic E-state index is 12.2. The van der Waals surface area contributed by atoms with Gasteiger partial charge in [-0.2, -0.15) is 0 Å². The Hall–Kier alpha value is -3.35. The first kappa shape index (κ1) is 19.9. The summed E-state index contributed by atoms with van der Waals surface area (Å²) in [4.78, 5) is 23.6. The standard InChI is InChI=1S/C23H28N6O/c1-17-5-4-8-22(26-17)29-15-11-19(12-16-29)27-23(30)25-14-13-24-21-10-9-18-6-2-3-7-20(18)28-21/h2-10,19H,11-16H2,1H3,(H,24,28)(H2,25,27,30). The highest BCUT2D eigenvalue weighted by Crippen LogP contribution is 2.18. The van der Waals surface area contributed by atoms with Gasteiger partial charge in [-0.25, -0.2) is 14.8 Å². The third-order valence-corrected chi connectivity index (χ3v) is 5.34. The van der Waals surface area contributed by atoms with Crippen LogP contribution in [0.25, 0.3) is 10.9 Å². The van der Waals surface area contributed by atoms with E-state index >= 15 is 0 Å². The number of nitrogens with one attached hydrogen (secondary N) is 3. The number of aryl methyl sites for hydroxylation is 1. The van der Waals surface area contributed by atoms with E-state index in [4.69, 9.17) is 0 Å². The van der Waals surface area contributed by atoms with E-state index in [-0.39, 0.29) is 12.1 Å². The fourth-order valence-electron chi connectivity index (χ4n) is 3.73. The largest absolute Gasteiger partial charge is 0.368 e. The lowest BCUT2D eigenvalue weighted by atomic mass is 10.1. The van der Waals surface area contributed by atoms with Crippen LogP contribution in [0.4, 0.5) is 16.4 Å². The molecule has 0 spiro atoms. The summed E-state index contributed by atoms with van der Waals surface area (Å²) < 4.78 is 0. The molecule has 3 aromatic rings. The summed E-state index contributed by atoms with van der Waals surface area (Å²) in [6.45, 7) is 4.96. The fraction of sp³-hybridized carbons (Fsp3) is 0.348. The van der Waals surface area contributed by atoms with Gasteiger partial charge < -0.3 is 20.9 Å². The summed E-state index contributed by atoms with van der Waals surface area (Å²) in [6, 6.07) is 18.2. The Kier molecular flexibility index (Phi) is 6.27. The van der Waals surface area contributed by atoms with E-state index in [1.807, 2.05) is 61.5 Å². The summed E-state index contributed by atoms with van der Waals surface area (Å²) in [5, 5.41) is 10.4. The highest BCUT2D eigenvalue weighted by molar-refractivity contribution is 5.80. The van der Waals surface area contributed by atoms with Gasteiger partial charge in [-0.05, 0) is 50.1 Å². The molecule has 3 N–H and O–H groups in total. The van der Waals surface area contributed by atoms with Crippen molar-refractivity contribution in [3.8, 4) is 0 Å². The Bertz CT molecular complexity index is 1000. The van der Waals surface area contributed by atoms with Gasteiger partial charge in [-0.1, -0.05) is 24.3 Å². The summed E-state index contributed by atoms with van der Waals surface area (Å²) >= 11 is 0. The van der Waals surface area contributed by atoms with Crippen molar-refractivity contribution >= 4 is 28.6 Å². The van der Waals surface area contributed by atoms with E-state index in [1.165, 1.54) is 0 Å². The molecule has 0 saturated carbocycles. The molecule has 0 unspecified atom stereocenters. The number of amides is 2. The predicted octanol–water partition coefficient (Wildman–Crippen LogP) is 3.32. The minimum Gasteiger partial charge on any atom is -0.368 e. The highest BCUT2D eigenvalue weighted by Gasteiger charge is 2.21. The summed E-state index contributed by atoms with van der Waals surface area (Å²) in [5.74, 6) is 1.83. The Balaban J connectivity index is 1.15. The smallest absolute Gasteiger partial charge is 0.315 e. The molecule has 1 aliphatic heterocycles. The minimum absolute atomic E-state index is 0.115. The Labute approximate surface area is 176 Å². The number of nitrogens with zero attached hydrogens (tertiary/aromatic N) is 3. The number of aromatic nitrogens is 2. The molecule has 4 rings (SSSR count). The van der Waals surface area contributed by atoms with Gasteiger partial charge in [-0.15, -0.1) is 0 Å². The maximum absolute atomic E-state index is 12.2. The van der Waals surface area contributed by atoms with Crippen LogP contribution in [0.15, 0.2) is 54.6 Å². The first-order chi connectivity index (χ1) is 14.7. The maximum Gasteiger partial charge on any atom is 0.315 e. The highest BCUT2D eigenvalue weighted by atomic mass is 16.2. The summed E-state index contributed by atoms with van der Waals surface area (Å²) in [6.07, 6.45) is 1.84. The first-order valence-corrected chi connectivity index (χ1v) is 10.5. The van der Waals surface area contributed by atoms with E-state index in [0.29, 0.717) is 13.1 Å². The van der Waals surface area contributed by atoms with Crippen molar-refractivity contribution in [3.05, 3.63) is 60.3 Å². The van der Waals surface area contributed by atoms with Crippen LogP contribution in [0.3, 0.4) is 0 Å². The third kappa shape index (κ3) is 5.17. The van der Waals surface area contributed by atoms with E-state index in [1.54, 1.807) is 0 Å². The average Bonchev–Trinajstić information content (AvgIpc) is 2.77. The molecule has 0 radical (unpaired) electrons. The zero-order valence-corrected chi connectivity index (χ0v) is 17.3. The van der Waals surface area contributed by atoms with Gasteiger partial charge in [-0.3, -0.25) is 0 Å². The number of urea groups is 1. The number of fused-ring (bicyclic) bond motifs is 1. The lowest BCUT2D eigenvalue weighted by Crippen LogP contribution is -2.48. The summed E-state index contributed by atoms with van der Waals surface area (Å²) in [7, 11) is 0. The molecule has 3 heterocycles. The van der Waals surface area contributed by atoms with E-state index < -0.39 is 0 Å². The van der Waals surface area contributed by atoms with Crippen LogP contribution in [0.2, 0.25) is 0 Å². The number of rotatable bonds is 6. The van der Waals surface area contributed by atoms with Crippen LogP contribution in [0, 0.1) is 6.92 Å². The molecule has 1 aromatic carbocycles. The van der Waals surface area contributed by atoms with Crippen molar-refractivity contribution in [2.45, 2.75) is 25.8 Å². The molecule has 156 valence electrons. The average molecular weight is 405 g/mol. The normalized spacial score (nSPS) is 14.5. The Morgan fingerprint density at radius 3 is 2.67 bits per heavy atom. The van der Waals surface area contributed by atoms with E-state index in [2.05, 4.69) is 30.8 Å². The topological polar surface area (TPSA) is 82.2 Å². The Morgan fingerprint density at radius 2 is 1.83 bits per heavy atom. The van der Waals surface area contributed by atoms with Gasteiger partial charge in [0.25, 0.3) is 0 Å². The first-order valence-electron chi connectivity index (χ1n) is 10.5. The number of para-hydroxylation sites is 1. The summed E-state index contributed by atoms with van der Waals surface area (Å²) in [5.41, 5.74) is 1.99. The van der Waals surface area contributed by atoms with Crippen LogP contribution in [-0.4, -0.2) is 48.2 Å². The van der Waals surface area contributed by atoms with Crippen LogP contribution in [-0.2, 0) is 0 Å². The van der Waals surface area contributed by atoms with Gasteiger partial charge in [0, 0.05) is 43.3 Å². The molecule has 0 bridgehead atoms. The van der Waals surface area contributed by atoms with Crippen LogP contribution >= 0.6 is 0 Å². The number of hydrogen-bond donors (Lipinski definition) is 3. The molecule has 1 saturated heterocycles. The quantitative estimate of drug-likeness (QED) is 0.549. The number of pyridine rings is 2. The van der Waals surface area contributed by atoms with Crippen molar-refractivity contribution in [1.29, 1.82) is 0 Å². The van der Waals surface area contributed by atoms with Crippen molar-refractivity contribution < 1.29 is 4.79 Å². The zero-order valence-electron chi connectivity index (χ0n) is 17.3. The van der Waals surface area contributed by atoms with E-state index in [9.17, 15) is 4.79 Å². The second-order valence-electron chi connectivity index (χ2n) is 7.61. The lowest BCUT2D eigenvalue weighted by Gasteiger charge is -2.33. The SMILES string of the molecule is Cc1cccc(N2CCC(NC(=O)NCCNc3ccc4ccccc4n3)CC2)n1. The minimum atomic E-state index is -0.115. The molecule has 2 amide bonds. The number of hydrogen-bond acceptors (Lipinski definition) is 5. The van der Waals surface area contributed by atoms with Crippen LogP contribution < -0.4 is 20.9 Å². The second-order valence-corrected chi connectivity index (χ2v) is 7.61. The van der Waals surface area contributed by atoms with Crippen LogP contribution in [0.1, 0.15) is 18.5 Å². The zero-order chi connectivity index (χ0) is 20.8. The van der Waals surface area contributed by atoms with Crippen molar-refractivity contribution in [2.75, 3.05) is 36.4 Å². The van der Waals surface area contributed by atoms with Gasteiger partial charge in [0.1, 0.15) is 11.6 Å². The number of benzene rings is 1. The fourth-order valence-corrected chi connectivity index (χ4v) is 3.73. The second kappa shape index (κ2) is 9.43. The number of anilines is 2. The molecule has 0 aliphatic carbocycles. The molecule has 0 atom stereocenters. The van der Waals surface area contributed by atoms with Gasteiger partial charge in [0.15, 0.2) is 0 Å². The molecule has 7 nitrogen and oxygen atoms in total. The van der Waals surface area contributed by atoms with Crippen molar-refractivity contribution in [1.82, 2.24) is 20.6 Å². The van der Waals surface area contributed by atoms with Gasteiger partial charge in [0.2, 0.25) is 0 Å². The molecular formula is C23H28N6O. The van der Waals surface area contributed by atoms with Crippen molar-refractivity contribution in [3.63, 3.8) is 0 Å². The van der Waals surface area contributed by atoms with Crippen LogP contribution in [0.5, 0.6) is 0 Å². The third-order valence-electron chi connectivity index (χ3n) is 5.34. The predicted molar refractivity (Wildman–Crippen MR) is 121 cm³/mol. The number of carbonyl (C=O) groups is 1. The molecule has 2 aromatic heterocycles. The molecule has 7 heteroatoms.